The zero-order valence-corrected chi connectivity index (χ0v) is 19.6. The minimum absolute atomic E-state index is 0.0761. The predicted molar refractivity (Wildman–Crippen MR) is 135 cm³/mol. The van der Waals surface area contributed by atoms with Crippen molar-refractivity contribution in [2.24, 2.45) is 0 Å². The maximum absolute atomic E-state index is 12.8. The van der Waals surface area contributed by atoms with Gasteiger partial charge in [-0.25, -0.2) is 0 Å². The molecule has 5 nitrogen and oxygen atoms in total. The van der Waals surface area contributed by atoms with Crippen molar-refractivity contribution in [3.63, 3.8) is 0 Å². The number of hydrogen-bond acceptors (Lipinski definition) is 5. The molecule has 5 heteroatoms. The van der Waals surface area contributed by atoms with Crippen LogP contribution in [0, 0.1) is 13.8 Å². The van der Waals surface area contributed by atoms with Crippen molar-refractivity contribution in [2.45, 2.75) is 26.7 Å². The van der Waals surface area contributed by atoms with Crippen molar-refractivity contribution in [3.05, 3.63) is 118 Å². The van der Waals surface area contributed by atoms with Gasteiger partial charge in [-0.2, -0.15) is 0 Å². The number of benzene rings is 4. The van der Waals surface area contributed by atoms with Crippen LogP contribution in [0.2, 0.25) is 0 Å². The first-order chi connectivity index (χ1) is 16.8. The van der Waals surface area contributed by atoms with Crippen LogP contribution in [0.25, 0.3) is 0 Å². The van der Waals surface area contributed by atoms with Gasteiger partial charge in [0.25, 0.3) is 0 Å². The van der Waals surface area contributed by atoms with Crippen LogP contribution in [0.4, 0.5) is 0 Å². The van der Waals surface area contributed by atoms with E-state index in [1.807, 2.05) is 13.8 Å². The molecule has 0 fully saturated rings. The third-order valence-electron chi connectivity index (χ3n) is 5.72. The molecule has 0 unspecified atom stereocenters. The molecule has 0 aliphatic rings. The lowest BCUT2D eigenvalue weighted by atomic mass is 10.0. The van der Waals surface area contributed by atoms with Gasteiger partial charge in [0.05, 0.1) is 0 Å². The Morgan fingerprint density at radius 1 is 0.629 bits per heavy atom. The number of Topliss-reactive ketones (excluding diaryl/α,β-unsaturated/α-hetero) is 2. The zero-order valence-electron chi connectivity index (χ0n) is 19.6. The van der Waals surface area contributed by atoms with Crippen molar-refractivity contribution in [1.29, 1.82) is 0 Å². The van der Waals surface area contributed by atoms with E-state index in [9.17, 15) is 19.8 Å². The van der Waals surface area contributed by atoms with Gasteiger partial charge in [0.15, 0.2) is 11.6 Å². The fraction of sp³-hybridized carbons (Fsp3) is 0.133. The topological polar surface area (TPSA) is 83.8 Å². The summed E-state index contributed by atoms with van der Waals surface area (Å²) in [6.07, 6.45) is 0.152. The molecule has 0 aliphatic carbocycles. The van der Waals surface area contributed by atoms with E-state index < -0.39 is 0 Å². The van der Waals surface area contributed by atoms with Gasteiger partial charge in [-0.1, -0.05) is 59.7 Å². The molecule has 35 heavy (non-hydrogen) atoms. The van der Waals surface area contributed by atoms with Crippen molar-refractivity contribution in [2.75, 3.05) is 0 Å². The third kappa shape index (κ3) is 5.95. The molecule has 0 saturated carbocycles. The summed E-state index contributed by atoms with van der Waals surface area (Å²) < 4.78 is 5.94. The van der Waals surface area contributed by atoms with Gasteiger partial charge in [-0.15, -0.1) is 0 Å². The summed E-state index contributed by atoms with van der Waals surface area (Å²) in [6.45, 7) is 3.81. The number of rotatable bonds is 8. The number of aryl methyl sites for hydroxylation is 2. The van der Waals surface area contributed by atoms with Gasteiger partial charge >= 0.3 is 0 Å². The molecule has 4 aromatic rings. The quantitative estimate of drug-likeness (QED) is 0.295. The minimum Gasteiger partial charge on any atom is -0.508 e. The lowest BCUT2D eigenvalue weighted by Gasteiger charge is -2.10. The van der Waals surface area contributed by atoms with Crippen LogP contribution >= 0.6 is 0 Å². The average Bonchev–Trinajstić information content (AvgIpc) is 2.84. The number of carbonyl (C=O) groups is 2. The molecule has 0 radical (unpaired) electrons. The van der Waals surface area contributed by atoms with Crippen LogP contribution < -0.4 is 4.74 Å². The Kier molecular flexibility index (Phi) is 6.97. The maximum Gasteiger partial charge on any atom is 0.167 e. The molecular weight excluding hydrogens is 440 g/mol. The second kappa shape index (κ2) is 10.3. The number of carbonyl (C=O) groups excluding carboxylic acids is 2. The van der Waals surface area contributed by atoms with E-state index in [1.54, 1.807) is 84.9 Å². The maximum atomic E-state index is 12.8. The van der Waals surface area contributed by atoms with Gasteiger partial charge in [-0.3, -0.25) is 9.59 Å². The molecule has 0 aromatic heterocycles. The second-order valence-electron chi connectivity index (χ2n) is 8.62. The van der Waals surface area contributed by atoms with E-state index in [1.165, 1.54) is 0 Å². The first-order valence-corrected chi connectivity index (χ1v) is 11.3. The average molecular weight is 467 g/mol. The van der Waals surface area contributed by atoms with Gasteiger partial charge in [0.1, 0.15) is 23.0 Å². The van der Waals surface area contributed by atoms with E-state index in [0.29, 0.717) is 33.8 Å². The predicted octanol–water partition coefficient (Wildman–Crippen LogP) is 6.36. The third-order valence-corrected chi connectivity index (χ3v) is 5.72. The van der Waals surface area contributed by atoms with E-state index in [4.69, 9.17) is 4.74 Å². The van der Waals surface area contributed by atoms with Crippen LogP contribution in [0.3, 0.4) is 0 Å². The van der Waals surface area contributed by atoms with Crippen molar-refractivity contribution in [3.8, 4) is 23.0 Å². The fourth-order valence-electron chi connectivity index (χ4n) is 3.86. The Morgan fingerprint density at radius 3 is 1.49 bits per heavy atom. The summed E-state index contributed by atoms with van der Waals surface area (Å²) in [5, 5.41) is 20.1. The van der Waals surface area contributed by atoms with Gasteiger partial charge in [0.2, 0.25) is 0 Å². The van der Waals surface area contributed by atoms with E-state index in [0.717, 1.165) is 11.1 Å². The standard InChI is InChI=1S/C30H26O5/c1-19-9-11-27(31)23(13-19)17-29(33)21-5-3-7-25(15-21)35-26-8-4-6-22(16-26)30(34)18-24-14-20(2)10-12-28(24)32/h3-16,31-32H,17-18H2,1-2H3. The number of hydrogen-bond donors (Lipinski definition) is 2. The molecule has 0 heterocycles. The van der Waals surface area contributed by atoms with Crippen LogP contribution in [0.15, 0.2) is 84.9 Å². The summed E-state index contributed by atoms with van der Waals surface area (Å²) in [7, 11) is 0. The van der Waals surface area contributed by atoms with E-state index >= 15 is 0 Å². The highest BCUT2D eigenvalue weighted by Gasteiger charge is 2.14. The normalized spacial score (nSPS) is 10.7. The SMILES string of the molecule is Cc1ccc(O)c(CC(=O)c2cccc(Oc3cccc(C(=O)Cc4cc(C)ccc4O)c3)c2)c1. The molecule has 0 amide bonds. The monoisotopic (exact) mass is 466 g/mol. The Bertz CT molecular complexity index is 1300. The van der Waals surface area contributed by atoms with E-state index in [-0.39, 0.29) is 35.9 Å². The summed E-state index contributed by atoms with van der Waals surface area (Å²) in [5.74, 6) is 0.834. The number of ketones is 2. The van der Waals surface area contributed by atoms with Crippen LogP contribution in [-0.4, -0.2) is 21.8 Å². The first kappa shape index (κ1) is 23.8. The number of ether oxygens (including phenoxy) is 1. The molecule has 2 N–H and O–H groups in total. The van der Waals surface area contributed by atoms with Crippen LogP contribution in [0.1, 0.15) is 43.0 Å². The molecular formula is C30H26O5. The number of phenolic OH excluding ortho intramolecular Hbond substituents is 2. The molecule has 4 aromatic carbocycles. The highest BCUT2D eigenvalue weighted by atomic mass is 16.5. The number of phenols is 2. The fourth-order valence-corrected chi connectivity index (χ4v) is 3.86. The zero-order chi connectivity index (χ0) is 24.9. The summed E-state index contributed by atoms with van der Waals surface area (Å²) in [6, 6.07) is 24.0. The molecule has 0 bridgehead atoms. The van der Waals surface area contributed by atoms with Crippen molar-refractivity contribution < 1.29 is 24.5 Å². The Labute approximate surface area is 204 Å². The summed E-state index contributed by atoms with van der Waals surface area (Å²) in [5.41, 5.74) is 4.01. The summed E-state index contributed by atoms with van der Waals surface area (Å²) in [4.78, 5) is 25.6. The lowest BCUT2D eigenvalue weighted by molar-refractivity contribution is 0.0984. The first-order valence-electron chi connectivity index (χ1n) is 11.3. The Balaban J connectivity index is 1.48. The van der Waals surface area contributed by atoms with Crippen molar-refractivity contribution >= 4 is 11.6 Å². The Hall–Kier alpha value is -4.38. The highest BCUT2D eigenvalue weighted by molar-refractivity contribution is 5.99. The van der Waals surface area contributed by atoms with E-state index in [2.05, 4.69) is 0 Å². The Morgan fingerprint density at radius 2 is 1.06 bits per heavy atom. The van der Waals surface area contributed by atoms with Gasteiger partial charge in [0, 0.05) is 35.1 Å². The molecule has 4 rings (SSSR count). The molecule has 0 saturated heterocycles. The highest BCUT2D eigenvalue weighted by Crippen LogP contribution is 2.26. The smallest absolute Gasteiger partial charge is 0.167 e. The minimum atomic E-state index is -0.141. The molecule has 176 valence electrons. The van der Waals surface area contributed by atoms with Crippen LogP contribution in [0.5, 0.6) is 23.0 Å². The molecule has 0 aliphatic heterocycles. The second-order valence-corrected chi connectivity index (χ2v) is 8.62. The molecule has 0 atom stereocenters. The van der Waals surface area contributed by atoms with Gasteiger partial charge < -0.3 is 14.9 Å². The van der Waals surface area contributed by atoms with Crippen LogP contribution in [-0.2, 0) is 12.8 Å². The lowest BCUT2D eigenvalue weighted by Crippen LogP contribution is -2.05. The largest absolute Gasteiger partial charge is 0.508 e. The number of aromatic hydroxyl groups is 2. The summed E-state index contributed by atoms with van der Waals surface area (Å²) >= 11 is 0. The van der Waals surface area contributed by atoms with Gasteiger partial charge in [-0.05, 0) is 50.2 Å². The molecule has 0 spiro atoms. The van der Waals surface area contributed by atoms with Crippen molar-refractivity contribution in [1.82, 2.24) is 0 Å².